The largest absolute Gasteiger partial charge is 0.395 e. The van der Waals surface area contributed by atoms with Gasteiger partial charge in [-0.25, -0.2) is 8.42 Å². The molecule has 0 saturated carbocycles. The molecule has 0 bridgehead atoms. The van der Waals surface area contributed by atoms with Gasteiger partial charge in [-0.3, -0.25) is 14.9 Å². The first kappa shape index (κ1) is 14.3. The first-order valence-corrected chi connectivity index (χ1v) is 6.81. The predicted molar refractivity (Wildman–Crippen MR) is 63.1 cm³/mol. The molecule has 0 amide bonds. The van der Waals surface area contributed by atoms with E-state index in [2.05, 4.69) is 0 Å². The topological polar surface area (TPSA) is 115 Å². The monoisotopic (exact) mass is 273 g/mol. The van der Waals surface area contributed by atoms with Gasteiger partial charge in [0.15, 0.2) is 15.6 Å². The van der Waals surface area contributed by atoms with Crippen molar-refractivity contribution in [2.75, 3.05) is 12.9 Å². The Hall–Kier alpha value is -1.80. The maximum atomic E-state index is 11.8. The number of carbonyl (C=O) groups excluding carboxylic acids is 1. The zero-order chi connectivity index (χ0) is 13.9. The van der Waals surface area contributed by atoms with Crippen molar-refractivity contribution in [2.24, 2.45) is 0 Å². The van der Waals surface area contributed by atoms with Crippen molar-refractivity contribution in [1.82, 2.24) is 0 Å². The molecule has 7 nitrogen and oxygen atoms in total. The molecule has 1 rings (SSSR count). The van der Waals surface area contributed by atoms with Gasteiger partial charge in [0.05, 0.1) is 11.5 Å². The lowest BCUT2D eigenvalue weighted by Crippen LogP contribution is -2.33. The first-order valence-electron chi connectivity index (χ1n) is 4.85. The van der Waals surface area contributed by atoms with Gasteiger partial charge in [0, 0.05) is 24.0 Å². The molecule has 1 N–H and O–H groups in total. The summed E-state index contributed by atoms with van der Waals surface area (Å²) in [4.78, 5) is 21.7. The van der Waals surface area contributed by atoms with E-state index >= 15 is 0 Å². The molecule has 1 atom stereocenters. The van der Waals surface area contributed by atoms with E-state index in [0.717, 1.165) is 12.3 Å². The van der Waals surface area contributed by atoms with Crippen molar-refractivity contribution >= 4 is 21.3 Å². The van der Waals surface area contributed by atoms with E-state index in [1.807, 2.05) is 0 Å². The van der Waals surface area contributed by atoms with Crippen LogP contribution in [0.4, 0.5) is 5.69 Å². The van der Waals surface area contributed by atoms with Crippen LogP contribution in [-0.4, -0.2) is 42.3 Å². The normalized spacial score (nSPS) is 13.0. The first-order chi connectivity index (χ1) is 8.27. The fourth-order valence-electron chi connectivity index (χ4n) is 1.37. The van der Waals surface area contributed by atoms with Gasteiger partial charge in [-0.2, -0.15) is 0 Å². The Kier molecular flexibility index (Phi) is 4.15. The minimum Gasteiger partial charge on any atom is -0.395 e. The number of aliphatic hydroxyl groups excluding tert-OH is 1. The van der Waals surface area contributed by atoms with E-state index in [4.69, 9.17) is 5.11 Å². The van der Waals surface area contributed by atoms with Crippen LogP contribution in [0.15, 0.2) is 24.3 Å². The number of nitro groups is 1. The fourth-order valence-corrected chi connectivity index (χ4v) is 2.17. The van der Waals surface area contributed by atoms with Gasteiger partial charge in [0.1, 0.15) is 5.25 Å². The van der Waals surface area contributed by atoms with Gasteiger partial charge in [0.25, 0.3) is 5.69 Å². The number of carbonyl (C=O) groups is 1. The Balaban J connectivity index is 3.18. The van der Waals surface area contributed by atoms with Gasteiger partial charge >= 0.3 is 0 Å². The lowest BCUT2D eigenvalue weighted by atomic mass is 10.1. The molecule has 0 spiro atoms. The van der Waals surface area contributed by atoms with Crippen LogP contribution in [0.3, 0.4) is 0 Å². The summed E-state index contributed by atoms with van der Waals surface area (Å²) in [6.07, 6.45) is 0.823. The Morgan fingerprint density at radius 2 is 2.11 bits per heavy atom. The van der Waals surface area contributed by atoms with Crippen LogP contribution in [0.5, 0.6) is 0 Å². The summed E-state index contributed by atoms with van der Waals surface area (Å²) < 4.78 is 22.6. The minimum atomic E-state index is -3.76. The average molecular weight is 273 g/mol. The molecular weight excluding hydrogens is 262 g/mol. The smallest absolute Gasteiger partial charge is 0.270 e. The minimum absolute atomic E-state index is 0.117. The Bertz CT molecular complexity index is 580. The van der Waals surface area contributed by atoms with Crippen LogP contribution in [0.25, 0.3) is 0 Å². The van der Waals surface area contributed by atoms with Crippen LogP contribution < -0.4 is 0 Å². The van der Waals surface area contributed by atoms with E-state index < -0.39 is 32.4 Å². The molecule has 98 valence electrons. The highest BCUT2D eigenvalue weighted by molar-refractivity contribution is 7.92. The number of nitro benzene ring substituents is 1. The highest BCUT2D eigenvalue weighted by atomic mass is 32.2. The van der Waals surface area contributed by atoms with Crippen LogP contribution in [0.2, 0.25) is 0 Å². The Morgan fingerprint density at radius 3 is 2.56 bits per heavy atom. The van der Waals surface area contributed by atoms with Crippen molar-refractivity contribution in [2.45, 2.75) is 5.25 Å². The summed E-state index contributed by atoms with van der Waals surface area (Å²) in [7, 11) is -3.76. The second-order valence-electron chi connectivity index (χ2n) is 3.67. The number of nitrogens with zero attached hydrogens (tertiary/aromatic N) is 1. The van der Waals surface area contributed by atoms with Crippen molar-refractivity contribution < 1.29 is 23.2 Å². The summed E-state index contributed by atoms with van der Waals surface area (Å²) in [5, 5.41) is 17.9. The summed E-state index contributed by atoms with van der Waals surface area (Å²) >= 11 is 0. The number of rotatable bonds is 5. The third-order valence-electron chi connectivity index (χ3n) is 2.32. The van der Waals surface area contributed by atoms with Crippen molar-refractivity contribution in [3.05, 3.63) is 39.9 Å². The number of benzene rings is 1. The van der Waals surface area contributed by atoms with Crippen molar-refractivity contribution in [3.8, 4) is 0 Å². The number of aliphatic hydroxyl groups is 1. The third kappa shape index (κ3) is 3.11. The maximum absolute atomic E-state index is 11.8. The number of hydrogen-bond donors (Lipinski definition) is 1. The van der Waals surface area contributed by atoms with E-state index in [9.17, 15) is 23.3 Å². The highest BCUT2D eigenvalue weighted by Crippen LogP contribution is 2.16. The standard InChI is InChI=1S/C10H11NO6S/c1-18(16,17)9(6-12)10(13)7-3-2-4-8(5-7)11(14)15/h2-5,9,12H,6H2,1H3/t9-/m1/s1. The summed E-state index contributed by atoms with van der Waals surface area (Å²) in [6.45, 7) is -0.861. The number of sulfone groups is 1. The highest BCUT2D eigenvalue weighted by Gasteiger charge is 2.29. The molecule has 0 saturated heterocycles. The lowest BCUT2D eigenvalue weighted by molar-refractivity contribution is -0.384. The van der Waals surface area contributed by atoms with Gasteiger partial charge < -0.3 is 5.11 Å². The van der Waals surface area contributed by atoms with Crippen molar-refractivity contribution in [3.63, 3.8) is 0 Å². The zero-order valence-electron chi connectivity index (χ0n) is 9.44. The van der Waals surface area contributed by atoms with E-state index in [1.54, 1.807) is 0 Å². The van der Waals surface area contributed by atoms with Crippen LogP contribution in [0, 0.1) is 10.1 Å². The predicted octanol–water partition coefficient (Wildman–Crippen LogP) is 0.183. The molecule has 0 fully saturated rings. The summed E-state index contributed by atoms with van der Waals surface area (Å²) in [5.41, 5.74) is -0.431. The molecule has 0 aliphatic rings. The van der Waals surface area contributed by atoms with Gasteiger partial charge in [-0.15, -0.1) is 0 Å². The Morgan fingerprint density at radius 1 is 1.50 bits per heavy atom. The molecule has 0 aliphatic carbocycles. The van der Waals surface area contributed by atoms with Crippen LogP contribution >= 0.6 is 0 Å². The summed E-state index contributed by atoms with van der Waals surface area (Å²) in [5.74, 6) is -0.858. The summed E-state index contributed by atoms with van der Waals surface area (Å²) in [6, 6.07) is 4.71. The average Bonchev–Trinajstić information content (AvgIpc) is 2.28. The lowest BCUT2D eigenvalue weighted by Gasteiger charge is -2.10. The number of hydrogen-bond acceptors (Lipinski definition) is 6. The van der Waals surface area contributed by atoms with E-state index in [0.29, 0.717) is 0 Å². The molecule has 1 aromatic carbocycles. The second kappa shape index (κ2) is 5.23. The van der Waals surface area contributed by atoms with Crippen molar-refractivity contribution in [1.29, 1.82) is 0 Å². The van der Waals surface area contributed by atoms with Gasteiger partial charge in [-0.1, -0.05) is 12.1 Å². The van der Waals surface area contributed by atoms with Gasteiger partial charge in [-0.05, 0) is 0 Å². The SMILES string of the molecule is CS(=O)(=O)[C@H](CO)C(=O)c1cccc([N+](=O)[O-])c1. The second-order valence-corrected chi connectivity index (χ2v) is 5.90. The molecular formula is C10H11NO6S. The molecule has 8 heteroatoms. The molecule has 0 unspecified atom stereocenters. The fraction of sp³-hybridized carbons (Fsp3) is 0.300. The molecule has 1 aromatic rings. The quantitative estimate of drug-likeness (QED) is 0.465. The van der Waals surface area contributed by atoms with E-state index in [1.165, 1.54) is 18.2 Å². The Labute approximate surface area is 103 Å². The molecule has 0 radical (unpaired) electrons. The van der Waals surface area contributed by atoms with Crippen LogP contribution in [-0.2, 0) is 9.84 Å². The molecule has 0 aromatic heterocycles. The molecule has 0 aliphatic heterocycles. The van der Waals surface area contributed by atoms with Gasteiger partial charge in [0.2, 0.25) is 0 Å². The number of non-ortho nitro benzene ring substituents is 1. The number of ketones is 1. The third-order valence-corrected chi connectivity index (χ3v) is 3.71. The van der Waals surface area contributed by atoms with E-state index in [-0.39, 0.29) is 11.3 Å². The number of Topliss-reactive ketones (excluding diaryl/α,β-unsaturated/α-hetero) is 1. The maximum Gasteiger partial charge on any atom is 0.270 e. The van der Waals surface area contributed by atoms with Crippen LogP contribution in [0.1, 0.15) is 10.4 Å². The molecule has 18 heavy (non-hydrogen) atoms. The molecule has 0 heterocycles. The zero-order valence-corrected chi connectivity index (χ0v) is 10.3.